The number of nitrogens with one attached hydrogen (secondary N) is 1. The molecule has 0 saturated carbocycles. The molecule has 0 amide bonds. The summed E-state index contributed by atoms with van der Waals surface area (Å²) in [5, 5.41) is 0. The lowest BCUT2D eigenvalue weighted by Gasteiger charge is -1.91. The molecule has 0 atom stereocenters. The van der Waals surface area contributed by atoms with Gasteiger partial charge in [0.15, 0.2) is 18.2 Å². The smallest absolute Gasteiger partial charge is 0.205 e. The van der Waals surface area contributed by atoms with Gasteiger partial charge in [0.25, 0.3) is 0 Å². The molecule has 2 heterocycles. The number of aromatic amines is 1. The Balaban J connectivity index is 0.000000810. The van der Waals surface area contributed by atoms with Crippen LogP contribution < -0.4 is 17.0 Å². The molecule has 0 bridgehead atoms. The molecule has 5 heteroatoms. The van der Waals surface area contributed by atoms with Crippen LogP contribution in [-0.4, -0.2) is 9.97 Å². The number of para-hydroxylation sites is 2. The van der Waals surface area contributed by atoms with E-state index in [1.807, 2.05) is 54.9 Å². The summed E-state index contributed by atoms with van der Waals surface area (Å²) in [4.78, 5) is 7.84. The first-order valence-electron chi connectivity index (χ1n) is 5.29. The van der Waals surface area contributed by atoms with Crippen LogP contribution in [0, 0.1) is 0 Å². The predicted octanol–water partition coefficient (Wildman–Crippen LogP) is -0.675. The van der Waals surface area contributed by atoms with Crippen molar-refractivity contribution in [2.24, 2.45) is 0 Å². The van der Waals surface area contributed by atoms with E-state index in [-0.39, 0.29) is 24.8 Å². The van der Waals surface area contributed by atoms with E-state index in [0.29, 0.717) is 0 Å². The van der Waals surface area contributed by atoms with Crippen molar-refractivity contribution in [2.75, 3.05) is 0 Å². The highest BCUT2D eigenvalue weighted by Gasteiger charge is 2.06. The highest BCUT2D eigenvalue weighted by atomic mass is 35.5. The number of hydrogen-bond donors (Lipinski definition) is 1. The molecule has 3 nitrogen and oxygen atoms in total. The molecule has 94 valence electrons. The van der Waals surface area contributed by atoms with Crippen molar-refractivity contribution in [1.29, 1.82) is 0 Å². The van der Waals surface area contributed by atoms with E-state index < -0.39 is 0 Å². The number of imidazole rings is 1. The summed E-state index contributed by atoms with van der Waals surface area (Å²) in [6, 6.07) is 14.1. The van der Waals surface area contributed by atoms with Gasteiger partial charge in [-0.25, -0.2) is 4.98 Å². The third kappa shape index (κ3) is 3.00. The van der Waals surface area contributed by atoms with E-state index >= 15 is 0 Å². The van der Waals surface area contributed by atoms with Crippen molar-refractivity contribution in [3.8, 4) is 0 Å². The number of H-pyrrole nitrogens is 1. The van der Waals surface area contributed by atoms with Gasteiger partial charge in [-0.05, 0) is 12.1 Å². The molecule has 1 aromatic carbocycles. The van der Waals surface area contributed by atoms with Crippen molar-refractivity contribution in [3.63, 3.8) is 0 Å². The van der Waals surface area contributed by atoms with Gasteiger partial charge >= 0.3 is 0 Å². The molecule has 0 aliphatic heterocycles. The quantitative estimate of drug-likeness (QED) is 0.621. The first-order chi connectivity index (χ1) is 7.92. The summed E-state index contributed by atoms with van der Waals surface area (Å²) in [6.45, 7) is 0.773. The third-order valence-electron chi connectivity index (χ3n) is 2.55. The highest BCUT2D eigenvalue weighted by molar-refractivity contribution is 5.85. The van der Waals surface area contributed by atoms with Gasteiger partial charge in [0.2, 0.25) is 6.54 Å². The van der Waals surface area contributed by atoms with Gasteiger partial charge in [0.1, 0.15) is 0 Å². The standard InChI is InChI=1S/C13H12N3.2ClH/c1-4-8-16(9-5-1)10-13-14-11-6-2-3-7-12(11)15-13;;/h1-9H,10H2,(H,14,15);2*1H/q+1;;/p-1. The molecule has 18 heavy (non-hydrogen) atoms. The minimum Gasteiger partial charge on any atom is -1.00 e. The van der Waals surface area contributed by atoms with Gasteiger partial charge in [-0.3, -0.25) is 0 Å². The van der Waals surface area contributed by atoms with Gasteiger partial charge in [-0.1, -0.05) is 18.2 Å². The second-order valence-electron chi connectivity index (χ2n) is 3.75. The Morgan fingerprint density at radius 2 is 1.72 bits per heavy atom. The van der Waals surface area contributed by atoms with E-state index in [1.54, 1.807) is 0 Å². The van der Waals surface area contributed by atoms with Gasteiger partial charge in [0, 0.05) is 12.1 Å². The number of halogens is 2. The first kappa shape index (κ1) is 14.5. The molecule has 0 fully saturated rings. The van der Waals surface area contributed by atoms with Crippen LogP contribution in [0.2, 0.25) is 0 Å². The van der Waals surface area contributed by atoms with Crippen molar-refractivity contribution in [3.05, 3.63) is 60.7 Å². The average Bonchev–Trinajstić information content (AvgIpc) is 2.72. The molecule has 0 radical (unpaired) electrons. The summed E-state index contributed by atoms with van der Waals surface area (Å²) in [5.41, 5.74) is 2.11. The summed E-state index contributed by atoms with van der Waals surface area (Å²) < 4.78 is 2.09. The second kappa shape index (κ2) is 6.38. The summed E-state index contributed by atoms with van der Waals surface area (Å²) >= 11 is 0. The second-order valence-corrected chi connectivity index (χ2v) is 3.75. The molecule has 0 unspecified atom stereocenters. The largest absolute Gasteiger partial charge is 1.00 e. The zero-order valence-corrected chi connectivity index (χ0v) is 11.2. The fourth-order valence-corrected chi connectivity index (χ4v) is 1.79. The number of fused-ring (bicyclic) bond motifs is 1. The summed E-state index contributed by atoms with van der Waals surface area (Å²) in [6.07, 6.45) is 4.07. The molecular weight excluding hydrogens is 269 g/mol. The van der Waals surface area contributed by atoms with E-state index in [0.717, 1.165) is 23.4 Å². The number of benzene rings is 1. The molecule has 0 saturated heterocycles. The lowest BCUT2D eigenvalue weighted by Crippen LogP contribution is -3.00. The Morgan fingerprint density at radius 3 is 2.44 bits per heavy atom. The number of rotatable bonds is 2. The van der Waals surface area contributed by atoms with Crippen molar-refractivity contribution < 1.29 is 17.0 Å². The van der Waals surface area contributed by atoms with Crippen LogP contribution in [0.5, 0.6) is 0 Å². The van der Waals surface area contributed by atoms with Crippen LogP contribution in [0.4, 0.5) is 0 Å². The minimum atomic E-state index is 0. The van der Waals surface area contributed by atoms with Gasteiger partial charge < -0.3 is 17.4 Å². The van der Waals surface area contributed by atoms with Gasteiger partial charge in [0.05, 0.1) is 11.0 Å². The number of nitrogens with zero attached hydrogens (tertiary/aromatic N) is 2. The molecular formula is C13H13Cl2N3. The Labute approximate surface area is 118 Å². The van der Waals surface area contributed by atoms with Crippen LogP contribution in [0.15, 0.2) is 54.9 Å². The van der Waals surface area contributed by atoms with Crippen molar-refractivity contribution in [2.45, 2.75) is 6.54 Å². The fraction of sp³-hybridized carbons (Fsp3) is 0.0769. The molecule has 0 aliphatic rings. The predicted molar refractivity (Wildman–Crippen MR) is 69.1 cm³/mol. The monoisotopic (exact) mass is 281 g/mol. The maximum absolute atomic E-state index is 4.53. The van der Waals surface area contributed by atoms with Crippen LogP contribution in [0.25, 0.3) is 11.0 Å². The van der Waals surface area contributed by atoms with Crippen LogP contribution in [-0.2, 0) is 6.54 Å². The summed E-state index contributed by atoms with van der Waals surface area (Å²) in [7, 11) is 0. The average molecular weight is 282 g/mol. The molecule has 0 spiro atoms. The van der Waals surface area contributed by atoms with Gasteiger partial charge in [-0.15, -0.1) is 12.4 Å². The molecule has 3 aromatic rings. The number of pyridine rings is 1. The minimum absolute atomic E-state index is 0. The van der Waals surface area contributed by atoms with Crippen LogP contribution in [0.1, 0.15) is 5.82 Å². The van der Waals surface area contributed by atoms with Crippen molar-refractivity contribution in [1.82, 2.24) is 9.97 Å². The lowest BCUT2D eigenvalue weighted by atomic mass is 10.3. The normalized spacial score (nSPS) is 9.56. The fourth-order valence-electron chi connectivity index (χ4n) is 1.79. The topological polar surface area (TPSA) is 32.6 Å². The van der Waals surface area contributed by atoms with E-state index in [2.05, 4.69) is 14.5 Å². The Kier molecular flexibility index (Phi) is 5.13. The zero-order chi connectivity index (χ0) is 10.8. The lowest BCUT2D eigenvalue weighted by molar-refractivity contribution is -0.689. The van der Waals surface area contributed by atoms with E-state index in [1.165, 1.54) is 0 Å². The molecule has 1 N–H and O–H groups in total. The molecule has 0 aliphatic carbocycles. The van der Waals surface area contributed by atoms with E-state index in [4.69, 9.17) is 0 Å². The molecule has 2 aromatic heterocycles. The number of aromatic nitrogens is 3. The Morgan fingerprint density at radius 1 is 1.00 bits per heavy atom. The summed E-state index contributed by atoms with van der Waals surface area (Å²) in [5.74, 6) is 0.984. The van der Waals surface area contributed by atoms with E-state index in [9.17, 15) is 0 Å². The van der Waals surface area contributed by atoms with Gasteiger partial charge in [-0.2, -0.15) is 4.57 Å². The Hall–Kier alpha value is -1.58. The maximum Gasteiger partial charge on any atom is 0.205 e. The van der Waals surface area contributed by atoms with Crippen molar-refractivity contribution >= 4 is 23.4 Å². The van der Waals surface area contributed by atoms with Crippen LogP contribution >= 0.6 is 12.4 Å². The Bertz CT molecular complexity index is 575. The SMILES string of the molecule is Cl.[Cl-].c1cc[n+](Cc2nc3ccccc3[nH]2)cc1. The zero-order valence-electron chi connectivity index (χ0n) is 9.58. The first-order valence-corrected chi connectivity index (χ1v) is 5.29. The number of hydrogen-bond acceptors (Lipinski definition) is 1. The third-order valence-corrected chi connectivity index (χ3v) is 2.55. The van der Waals surface area contributed by atoms with Crippen LogP contribution in [0.3, 0.4) is 0 Å². The maximum atomic E-state index is 4.53. The highest BCUT2D eigenvalue weighted by Crippen LogP contribution is 2.09. The molecule has 3 rings (SSSR count).